The van der Waals surface area contributed by atoms with E-state index in [2.05, 4.69) is 26.4 Å². The predicted molar refractivity (Wildman–Crippen MR) is 81.7 cm³/mol. The van der Waals surface area contributed by atoms with Gasteiger partial charge < -0.3 is 16.3 Å². The van der Waals surface area contributed by atoms with Gasteiger partial charge in [-0.3, -0.25) is 4.79 Å². The maximum absolute atomic E-state index is 12.5. The van der Waals surface area contributed by atoms with Crippen LogP contribution in [0.4, 0.5) is 5.69 Å². The Morgan fingerprint density at radius 2 is 2.15 bits per heavy atom. The van der Waals surface area contributed by atoms with Crippen LogP contribution < -0.4 is 11.1 Å². The zero-order valence-corrected chi connectivity index (χ0v) is 13.1. The summed E-state index contributed by atoms with van der Waals surface area (Å²) in [5.74, 6) is 0.161. The number of amides is 1. The smallest absolute Gasteiger partial charge is 0.238 e. The Balaban J connectivity index is 2.22. The monoisotopic (exact) mass is 339 g/mol. The first-order valence-corrected chi connectivity index (χ1v) is 7.23. The van der Waals surface area contributed by atoms with Crippen molar-refractivity contribution in [1.82, 2.24) is 0 Å². The van der Waals surface area contributed by atoms with Crippen molar-refractivity contribution in [1.29, 1.82) is 0 Å². The molecule has 0 atom stereocenters. The lowest BCUT2D eigenvalue weighted by Crippen LogP contribution is -2.54. The normalized spacial score (nSPS) is 25.9. The molecule has 0 heterocycles. The third-order valence-electron chi connectivity index (χ3n) is 3.73. The molecular weight excluding hydrogens is 322 g/mol. The second-order valence-corrected chi connectivity index (χ2v) is 6.47. The summed E-state index contributed by atoms with van der Waals surface area (Å²) in [5, 5.41) is 14.8. The maximum atomic E-state index is 12.5. The fraction of sp³-hybridized carbons (Fsp3) is 0.429. The minimum absolute atomic E-state index is 0.0141. The van der Waals surface area contributed by atoms with E-state index in [1.807, 2.05) is 32.0 Å². The first-order chi connectivity index (χ1) is 9.37. The first kappa shape index (κ1) is 14.8. The first-order valence-electron chi connectivity index (χ1n) is 6.44. The molecule has 4 N–H and O–H groups in total. The van der Waals surface area contributed by atoms with Gasteiger partial charge >= 0.3 is 0 Å². The number of amidine groups is 1. The number of nitrogens with zero attached hydrogens (tertiary/aromatic N) is 1. The quantitative estimate of drug-likeness (QED) is 0.342. The third kappa shape index (κ3) is 2.65. The maximum Gasteiger partial charge on any atom is 0.238 e. The molecule has 5 nitrogen and oxygen atoms in total. The molecular formula is C14H18BrN3O2. The van der Waals surface area contributed by atoms with Crippen LogP contribution in [0.3, 0.4) is 0 Å². The number of hydrogen-bond acceptors (Lipinski definition) is 3. The van der Waals surface area contributed by atoms with Crippen LogP contribution in [0.25, 0.3) is 0 Å². The van der Waals surface area contributed by atoms with Crippen molar-refractivity contribution in [3.8, 4) is 0 Å². The summed E-state index contributed by atoms with van der Waals surface area (Å²) >= 11 is 3.40. The molecule has 0 unspecified atom stereocenters. The van der Waals surface area contributed by atoms with E-state index < -0.39 is 5.41 Å². The second-order valence-electron chi connectivity index (χ2n) is 5.55. The van der Waals surface area contributed by atoms with Crippen molar-refractivity contribution >= 4 is 33.4 Å². The Morgan fingerprint density at radius 3 is 2.65 bits per heavy atom. The van der Waals surface area contributed by atoms with Crippen molar-refractivity contribution in [3.05, 3.63) is 28.2 Å². The lowest BCUT2D eigenvalue weighted by atomic mass is 9.61. The van der Waals surface area contributed by atoms with Crippen LogP contribution in [-0.2, 0) is 4.79 Å². The van der Waals surface area contributed by atoms with Crippen molar-refractivity contribution in [2.75, 3.05) is 5.32 Å². The van der Waals surface area contributed by atoms with Crippen molar-refractivity contribution in [2.24, 2.45) is 22.2 Å². The van der Waals surface area contributed by atoms with Gasteiger partial charge in [0.2, 0.25) is 5.91 Å². The SMILES string of the molecule is Cc1cc(Br)cc(NC(=O)C2(/C(N)=N/O)CC(C)C2)c1. The minimum atomic E-state index is -0.885. The van der Waals surface area contributed by atoms with Gasteiger partial charge in [0.25, 0.3) is 0 Å². The summed E-state index contributed by atoms with van der Waals surface area (Å²) in [6.07, 6.45) is 1.20. The van der Waals surface area contributed by atoms with E-state index >= 15 is 0 Å². The van der Waals surface area contributed by atoms with Gasteiger partial charge in [-0.15, -0.1) is 0 Å². The van der Waals surface area contributed by atoms with Crippen molar-refractivity contribution in [2.45, 2.75) is 26.7 Å². The van der Waals surface area contributed by atoms with Crippen LogP contribution in [0.1, 0.15) is 25.3 Å². The summed E-state index contributed by atoms with van der Waals surface area (Å²) in [5.41, 5.74) is 6.57. The van der Waals surface area contributed by atoms with Gasteiger partial charge in [-0.25, -0.2) is 0 Å². The molecule has 0 spiro atoms. The topological polar surface area (TPSA) is 87.7 Å². The number of halogens is 1. The Morgan fingerprint density at radius 1 is 1.50 bits per heavy atom. The van der Waals surface area contributed by atoms with Crippen LogP contribution in [0.2, 0.25) is 0 Å². The largest absolute Gasteiger partial charge is 0.409 e. The van der Waals surface area contributed by atoms with Crippen LogP contribution in [-0.4, -0.2) is 17.0 Å². The molecule has 0 aromatic heterocycles. The lowest BCUT2D eigenvalue weighted by Gasteiger charge is -2.43. The third-order valence-corrected chi connectivity index (χ3v) is 4.18. The molecule has 1 amide bonds. The molecule has 1 aliphatic rings. The fourth-order valence-corrected chi connectivity index (χ4v) is 3.40. The van der Waals surface area contributed by atoms with Gasteiger partial charge in [0.05, 0.1) is 0 Å². The van der Waals surface area contributed by atoms with Crippen molar-refractivity contribution < 1.29 is 10.0 Å². The number of carbonyl (C=O) groups is 1. The summed E-state index contributed by atoms with van der Waals surface area (Å²) < 4.78 is 0.896. The number of oxime groups is 1. The molecule has 1 saturated carbocycles. The van der Waals surface area contributed by atoms with E-state index in [0.717, 1.165) is 10.0 Å². The average molecular weight is 340 g/mol. The molecule has 0 saturated heterocycles. The highest BCUT2D eigenvalue weighted by Crippen LogP contribution is 2.46. The molecule has 20 heavy (non-hydrogen) atoms. The lowest BCUT2D eigenvalue weighted by molar-refractivity contribution is -0.127. The predicted octanol–water partition coefficient (Wildman–Crippen LogP) is 2.86. The van der Waals surface area contributed by atoms with Gasteiger partial charge in [-0.05, 0) is 49.4 Å². The number of rotatable bonds is 3. The Bertz CT molecular complexity index is 545. The van der Waals surface area contributed by atoms with Crippen LogP contribution in [0.5, 0.6) is 0 Å². The van der Waals surface area contributed by atoms with E-state index in [-0.39, 0.29) is 11.7 Å². The van der Waals surface area contributed by atoms with E-state index in [1.54, 1.807) is 0 Å². The molecule has 108 valence electrons. The van der Waals surface area contributed by atoms with Crippen LogP contribution >= 0.6 is 15.9 Å². The molecule has 1 aromatic carbocycles. The van der Waals surface area contributed by atoms with E-state index in [1.165, 1.54) is 0 Å². The average Bonchev–Trinajstić information content (AvgIpc) is 2.32. The summed E-state index contributed by atoms with van der Waals surface area (Å²) in [6.45, 7) is 3.99. The Labute approximate surface area is 126 Å². The van der Waals surface area contributed by atoms with Gasteiger partial charge in [0.15, 0.2) is 5.84 Å². The molecule has 1 aliphatic carbocycles. The minimum Gasteiger partial charge on any atom is -0.409 e. The van der Waals surface area contributed by atoms with E-state index in [4.69, 9.17) is 10.9 Å². The molecule has 0 aliphatic heterocycles. The molecule has 2 rings (SSSR count). The van der Waals surface area contributed by atoms with Gasteiger partial charge in [-0.2, -0.15) is 0 Å². The van der Waals surface area contributed by atoms with E-state index in [9.17, 15) is 4.79 Å². The Kier molecular flexibility index (Phi) is 4.04. The second kappa shape index (κ2) is 5.44. The number of hydrogen-bond donors (Lipinski definition) is 3. The van der Waals surface area contributed by atoms with Crippen molar-refractivity contribution in [3.63, 3.8) is 0 Å². The van der Waals surface area contributed by atoms with Crippen LogP contribution in [0.15, 0.2) is 27.8 Å². The van der Waals surface area contributed by atoms with Gasteiger partial charge in [0, 0.05) is 10.2 Å². The van der Waals surface area contributed by atoms with Gasteiger partial charge in [0.1, 0.15) is 5.41 Å². The number of nitrogens with two attached hydrogens (primary N) is 1. The molecule has 1 aromatic rings. The standard InChI is InChI=1S/C14H18BrN3O2/c1-8-3-10(15)5-11(4-8)17-13(19)14(12(16)18-20)6-9(2)7-14/h3-5,9,20H,6-7H2,1-2H3,(H2,16,18)(H,17,19). The highest BCUT2D eigenvalue weighted by atomic mass is 79.9. The molecule has 0 bridgehead atoms. The van der Waals surface area contributed by atoms with Crippen LogP contribution in [0, 0.1) is 18.3 Å². The van der Waals surface area contributed by atoms with Gasteiger partial charge in [-0.1, -0.05) is 28.0 Å². The number of anilines is 1. The highest BCUT2D eigenvalue weighted by Gasteiger charge is 2.52. The molecule has 0 radical (unpaired) electrons. The number of carbonyl (C=O) groups excluding carboxylic acids is 1. The Hall–Kier alpha value is -1.56. The molecule has 1 fully saturated rings. The highest BCUT2D eigenvalue weighted by molar-refractivity contribution is 9.10. The number of nitrogens with one attached hydrogen (secondary N) is 1. The summed E-state index contributed by atoms with van der Waals surface area (Å²) in [4.78, 5) is 12.5. The summed E-state index contributed by atoms with van der Waals surface area (Å²) in [6, 6.07) is 5.66. The molecule has 6 heteroatoms. The zero-order chi connectivity index (χ0) is 14.9. The summed E-state index contributed by atoms with van der Waals surface area (Å²) in [7, 11) is 0. The zero-order valence-electron chi connectivity index (χ0n) is 11.5. The number of benzene rings is 1. The van der Waals surface area contributed by atoms with E-state index in [0.29, 0.717) is 24.4 Å². The number of aryl methyl sites for hydroxylation is 1. The fourth-order valence-electron chi connectivity index (χ4n) is 2.80.